The van der Waals surface area contributed by atoms with Crippen molar-refractivity contribution in [2.75, 3.05) is 11.4 Å². The number of carbonyl (C=O) groups is 2. The van der Waals surface area contributed by atoms with Crippen molar-refractivity contribution in [3.05, 3.63) is 60.2 Å². The normalized spacial score (nSPS) is 17.3. The van der Waals surface area contributed by atoms with Crippen LogP contribution in [-0.4, -0.2) is 17.7 Å². The van der Waals surface area contributed by atoms with Crippen LogP contribution in [0.5, 0.6) is 5.75 Å². The third-order valence-electron chi connectivity index (χ3n) is 3.84. The highest BCUT2D eigenvalue weighted by Crippen LogP contribution is 2.28. The van der Waals surface area contributed by atoms with Gasteiger partial charge < -0.3 is 9.64 Å². The molecule has 1 aliphatic rings. The first kappa shape index (κ1) is 15.6. The lowest BCUT2D eigenvalue weighted by Crippen LogP contribution is -2.25. The minimum absolute atomic E-state index is 0.0815. The van der Waals surface area contributed by atoms with Crippen LogP contribution in [0.25, 0.3) is 0 Å². The van der Waals surface area contributed by atoms with E-state index in [0.29, 0.717) is 13.2 Å². The number of hydrogen-bond acceptors (Lipinski definition) is 3. The molecule has 1 fully saturated rings. The zero-order valence-electron chi connectivity index (χ0n) is 12.4. The minimum atomic E-state index is -0.455. The highest BCUT2D eigenvalue weighted by atomic mass is 35.5. The first-order valence-electron chi connectivity index (χ1n) is 7.40. The standard InChI is InChI=1S/C18H16ClNO3/c19-18(22)14-10-17(21)20(11-14)15-6-8-16(9-7-15)23-12-13-4-2-1-3-5-13/h1-9,14H,10-12H2/t14-/m1/s1. The molecule has 1 heterocycles. The molecule has 4 nitrogen and oxygen atoms in total. The summed E-state index contributed by atoms with van der Waals surface area (Å²) in [5, 5.41) is -0.455. The average molecular weight is 330 g/mol. The zero-order valence-corrected chi connectivity index (χ0v) is 13.2. The fourth-order valence-electron chi connectivity index (χ4n) is 2.57. The predicted octanol–water partition coefficient (Wildman–Crippen LogP) is 3.38. The van der Waals surface area contributed by atoms with Gasteiger partial charge in [-0.25, -0.2) is 0 Å². The van der Waals surface area contributed by atoms with E-state index in [9.17, 15) is 9.59 Å². The summed E-state index contributed by atoms with van der Waals surface area (Å²) in [5.74, 6) is 0.231. The molecule has 1 amide bonds. The number of rotatable bonds is 5. The predicted molar refractivity (Wildman–Crippen MR) is 88.5 cm³/mol. The molecule has 5 heteroatoms. The molecule has 0 N–H and O–H groups in total. The maximum Gasteiger partial charge on any atom is 0.227 e. The number of hydrogen-bond donors (Lipinski definition) is 0. The van der Waals surface area contributed by atoms with Crippen molar-refractivity contribution in [2.24, 2.45) is 5.92 Å². The Morgan fingerprint density at radius 1 is 1.13 bits per heavy atom. The number of anilines is 1. The molecule has 0 aliphatic carbocycles. The molecule has 118 valence electrons. The van der Waals surface area contributed by atoms with Gasteiger partial charge in [-0.2, -0.15) is 0 Å². The molecule has 1 atom stereocenters. The van der Waals surface area contributed by atoms with E-state index in [0.717, 1.165) is 17.0 Å². The number of halogens is 1. The second-order valence-electron chi connectivity index (χ2n) is 5.48. The number of carbonyl (C=O) groups excluding carboxylic acids is 2. The summed E-state index contributed by atoms with van der Waals surface area (Å²) in [6.45, 7) is 0.830. The fourth-order valence-corrected chi connectivity index (χ4v) is 2.72. The lowest BCUT2D eigenvalue weighted by Gasteiger charge is -2.16. The molecular formula is C18H16ClNO3. The van der Waals surface area contributed by atoms with E-state index in [1.807, 2.05) is 54.6 Å². The van der Waals surface area contributed by atoms with Crippen LogP contribution in [0.4, 0.5) is 5.69 Å². The van der Waals surface area contributed by atoms with Crippen molar-refractivity contribution in [3.63, 3.8) is 0 Å². The van der Waals surface area contributed by atoms with Gasteiger partial charge in [0.05, 0.1) is 5.92 Å². The maximum atomic E-state index is 12.0. The first-order valence-corrected chi connectivity index (χ1v) is 7.78. The molecular weight excluding hydrogens is 314 g/mol. The van der Waals surface area contributed by atoms with Gasteiger partial charge in [0.15, 0.2) is 0 Å². The van der Waals surface area contributed by atoms with Crippen molar-refractivity contribution in [1.29, 1.82) is 0 Å². The van der Waals surface area contributed by atoms with Gasteiger partial charge in [0.25, 0.3) is 0 Å². The van der Waals surface area contributed by atoms with Gasteiger partial charge in [-0.3, -0.25) is 9.59 Å². The molecule has 1 aliphatic heterocycles. The molecule has 0 unspecified atom stereocenters. The minimum Gasteiger partial charge on any atom is -0.489 e. The Morgan fingerprint density at radius 3 is 2.43 bits per heavy atom. The first-order chi connectivity index (χ1) is 11.1. The quantitative estimate of drug-likeness (QED) is 0.790. The van der Waals surface area contributed by atoms with Crippen molar-refractivity contribution < 1.29 is 14.3 Å². The van der Waals surface area contributed by atoms with Gasteiger partial charge in [0, 0.05) is 18.7 Å². The van der Waals surface area contributed by atoms with Gasteiger partial charge in [-0.15, -0.1) is 0 Å². The Kier molecular flexibility index (Phi) is 4.63. The highest BCUT2D eigenvalue weighted by molar-refractivity contribution is 6.64. The van der Waals surface area contributed by atoms with E-state index in [1.165, 1.54) is 0 Å². The largest absolute Gasteiger partial charge is 0.489 e. The number of benzene rings is 2. The highest BCUT2D eigenvalue weighted by Gasteiger charge is 2.34. The summed E-state index contributed by atoms with van der Waals surface area (Å²) in [7, 11) is 0. The van der Waals surface area contributed by atoms with Crippen LogP contribution >= 0.6 is 11.6 Å². The smallest absolute Gasteiger partial charge is 0.227 e. The zero-order chi connectivity index (χ0) is 16.2. The van der Waals surface area contributed by atoms with E-state index in [1.54, 1.807) is 4.90 Å². The Labute approximate surface area is 139 Å². The second-order valence-corrected chi connectivity index (χ2v) is 5.85. The van der Waals surface area contributed by atoms with E-state index in [-0.39, 0.29) is 12.3 Å². The van der Waals surface area contributed by atoms with Crippen molar-refractivity contribution in [2.45, 2.75) is 13.0 Å². The Morgan fingerprint density at radius 2 is 1.83 bits per heavy atom. The van der Waals surface area contributed by atoms with Crippen LogP contribution in [0.1, 0.15) is 12.0 Å². The van der Waals surface area contributed by atoms with Crippen LogP contribution in [-0.2, 0) is 16.2 Å². The lowest BCUT2D eigenvalue weighted by atomic mass is 10.1. The summed E-state index contributed by atoms with van der Waals surface area (Å²) in [6, 6.07) is 17.2. The van der Waals surface area contributed by atoms with E-state index >= 15 is 0 Å². The SMILES string of the molecule is O=C(Cl)[C@@H]1CC(=O)N(c2ccc(OCc3ccccc3)cc2)C1. The van der Waals surface area contributed by atoms with Gasteiger partial charge >= 0.3 is 0 Å². The number of amides is 1. The van der Waals surface area contributed by atoms with Gasteiger partial charge in [0.2, 0.25) is 11.1 Å². The van der Waals surface area contributed by atoms with Gasteiger partial charge in [0.1, 0.15) is 12.4 Å². The molecule has 3 rings (SSSR count). The van der Waals surface area contributed by atoms with Crippen molar-refractivity contribution >= 4 is 28.4 Å². The average Bonchev–Trinajstić information content (AvgIpc) is 2.97. The summed E-state index contributed by atoms with van der Waals surface area (Å²) in [4.78, 5) is 24.8. The molecule has 0 bridgehead atoms. The van der Waals surface area contributed by atoms with E-state index in [4.69, 9.17) is 16.3 Å². The molecule has 23 heavy (non-hydrogen) atoms. The van der Waals surface area contributed by atoms with E-state index < -0.39 is 11.2 Å². The fraction of sp³-hybridized carbons (Fsp3) is 0.222. The molecule has 0 saturated carbocycles. The summed E-state index contributed by atoms with van der Waals surface area (Å²) >= 11 is 5.49. The van der Waals surface area contributed by atoms with Crippen LogP contribution in [0.3, 0.4) is 0 Å². The monoisotopic (exact) mass is 329 g/mol. The summed E-state index contributed by atoms with van der Waals surface area (Å²) < 4.78 is 5.72. The lowest BCUT2D eigenvalue weighted by molar-refractivity contribution is -0.120. The second kappa shape index (κ2) is 6.84. The summed E-state index contributed by atoms with van der Waals surface area (Å²) in [6.07, 6.45) is 0.175. The third kappa shape index (κ3) is 3.71. The molecule has 0 aromatic heterocycles. The summed E-state index contributed by atoms with van der Waals surface area (Å²) in [5.41, 5.74) is 1.84. The van der Waals surface area contributed by atoms with Crippen LogP contribution in [0, 0.1) is 5.92 Å². The van der Waals surface area contributed by atoms with Crippen LogP contribution < -0.4 is 9.64 Å². The Bertz CT molecular complexity index is 700. The van der Waals surface area contributed by atoms with E-state index in [2.05, 4.69) is 0 Å². The molecule has 0 spiro atoms. The Hall–Kier alpha value is -2.33. The number of ether oxygens (including phenoxy) is 1. The van der Waals surface area contributed by atoms with Crippen LogP contribution in [0.2, 0.25) is 0 Å². The molecule has 2 aromatic rings. The maximum absolute atomic E-state index is 12.0. The van der Waals surface area contributed by atoms with Gasteiger partial charge in [-0.05, 0) is 41.4 Å². The van der Waals surface area contributed by atoms with Crippen molar-refractivity contribution in [3.8, 4) is 5.75 Å². The third-order valence-corrected chi connectivity index (χ3v) is 4.15. The number of nitrogens with zero attached hydrogens (tertiary/aromatic N) is 1. The topological polar surface area (TPSA) is 46.6 Å². The van der Waals surface area contributed by atoms with Crippen molar-refractivity contribution in [1.82, 2.24) is 0 Å². The Balaban J connectivity index is 1.63. The van der Waals surface area contributed by atoms with Gasteiger partial charge in [-0.1, -0.05) is 30.3 Å². The molecule has 1 saturated heterocycles. The van der Waals surface area contributed by atoms with Crippen LogP contribution in [0.15, 0.2) is 54.6 Å². The molecule has 0 radical (unpaired) electrons. The molecule has 2 aromatic carbocycles.